The standard InChI is InChI=1S/C19H17FN2O2/c1-11(2)13-5-3-4-6-17(13)22-19(24)18(23)15-10-21-16-8-7-12(20)9-14(15)16/h3-11,21H,1-2H3,(H,22,24). The molecule has 0 aliphatic heterocycles. The quantitative estimate of drug-likeness (QED) is 0.556. The van der Waals surface area contributed by atoms with Crippen molar-refractivity contribution in [2.24, 2.45) is 0 Å². The molecule has 0 saturated carbocycles. The number of benzene rings is 2. The number of rotatable bonds is 4. The van der Waals surface area contributed by atoms with Crippen molar-refractivity contribution in [2.45, 2.75) is 19.8 Å². The molecule has 0 bridgehead atoms. The predicted octanol–water partition coefficient (Wildman–Crippen LogP) is 4.25. The molecule has 0 radical (unpaired) electrons. The van der Waals surface area contributed by atoms with Crippen molar-refractivity contribution in [1.29, 1.82) is 0 Å². The Labute approximate surface area is 138 Å². The van der Waals surface area contributed by atoms with Crippen LogP contribution in [0.5, 0.6) is 0 Å². The lowest BCUT2D eigenvalue weighted by Crippen LogP contribution is -2.23. The lowest BCUT2D eigenvalue weighted by Gasteiger charge is -2.13. The van der Waals surface area contributed by atoms with Gasteiger partial charge in [-0.05, 0) is 35.7 Å². The lowest BCUT2D eigenvalue weighted by atomic mass is 10.0. The number of amides is 1. The number of hydrogen-bond donors (Lipinski definition) is 2. The van der Waals surface area contributed by atoms with E-state index in [1.165, 1.54) is 24.4 Å². The van der Waals surface area contributed by atoms with Gasteiger partial charge < -0.3 is 10.3 Å². The molecule has 1 heterocycles. The van der Waals surface area contributed by atoms with Gasteiger partial charge >= 0.3 is 0 Å². The summed E-state index contributed by atoms with van der Waals surface area (Å²) < 4.78 is 13.4. The first-order valence-corrected chi connectivity index (χ1v) is 7.68. The summed E-state index contributed by atoms with van der Waals surface area (Å²) >= 11 is 0. The summed E-state index contributed by atoms with van der Waals surface area (Å²) in [6.45, 7) is 4.02. The van der Waals surface area contributed by atoms with Crippen molar-refractivity contribution in [1.82, 2.24) is 4.98 Å². The van der Waals surface area contributed by atoms with Gasteiger partial charge in [-0.15, -0.1) is 0 Å². The highest BCUT2D eigenvalue weighted by Gasteiger charge is 2.21. The number of fused-ring (bicyclic) bond motifs is 1. The molecule has 3 aromatic rings. The van der Waals surface area contributed by atoms with Gasteiger partial charge in [0.15, 0.2) is 0 Å². The van der Waals surface area contributed by atoms with Gasteiger partial charge in [0.1, 0.15) is 5.82 Å². The molecule has 24 heavy (non-hydrogen) atoms. The Morgan fingerprint density at radius 3 is 2.62 bits per heavy atom. The molecule has 0 fully saturated rings. The molecule has 1 amide bonds. The van der Waals surface area contributed by atoms with Gasteiger partial charge in [0, 0.05) is 22.8 Å². The average molecular weight is 324 g/mol. The topological polar surface area (TPSA) is 62.0 Å². The van der Waals surface area contributed by atoms with Crippen molar-refractivity contribution < 1.29 is 14.0 Å². The van der Waals surface area contributed by atoms with E-state index in [4.69, 9.17) is 0 Å². The number of aromatic amines is 1. The summed E-state index contributed by atoms with van der Waals surface area (Å²) in [5.41, 5.74) is 2.32. The zero-order valence-corrected chi connectivity index (χ0v) is 13.4. The maximum Gasteiger partial charge on any atom is 0.296 e. The number of hydrogen-bond acceptors (Lipinski definition) is 2. The molecule has 0 saturated heterocycles. The Bertz CT molecular complexity index is 928. The second-order valence-electron chi connectivity index (χ2n) is 5.92. The maximum atomic E-state index is 13.4. The number of halogens is 1. The third kappa shape index (κ3) is 2.93. The van der Waals surface area contributed by atoms with E-state index in [0.29, 0.717) is 16.6 Å². The minimum atomic E-state index is -0.742. The summed E-state index contributed by atoms with van der Waals surface area (Å²) in [6.07, 6.45) is 1.43. The smallest absolute Gasteiger partial charge is 0.296 e. The number of anilines is 1. The van der Waals surface area contributed by atoms with E-state index in [9.17, 15) is 14.0 Å². The van der Waals surface area contributed by atoms with Gasteiger partial charge in [-0.25, -0.2) is 4.39 Å². The third-order valence-corrected chi connectivity index (χ3v) is 3.93. The number of nitrogens with one attached hydrogen (secondary N) is 2. The first kappa shape index (κ1) is 15.9. The Morgan fingerprint density at radius 1 is 1.12 bits per heavy atom. The van der Waals surface area contributed by atoms with Crippen LogP contribution < -0.4 is 5.32 Å². The van der Waals surface area contributed by atoms with E-state index in [0.717, 1.165) is 5.56 Å². The first-order valence-electron chi connectivity index (χ1n) is 7.68. The largest absolute Gasteiger partial charge is 0.360 e. The average Bonchev–Trinajstić information content (AvgIpc) is 2.97. The van der Waals surface area contributed by atoms with Gasteiger partial charge in [0.25, 0.3) is 11.7 Å². The molecule has 2 N–H and O–H groups in total. The molecule has 122 valence electrons. The second kappa shape index (κ2) is 6.28. The number of para-hydroxylation sites is 1. The van der Waals surface area contributed by atoms with Crippen LogP contribution in [0.3, 0.4) is 0 Å². The number of ketones is 1. The Morgan fingerprint density at radius 2 is 1.88 bits per heavy atom. The van der Waals surface area contributed by atoms with E-state index in [2.05, 4.69) is 10.3 Å². The summed E-state index contributed by atoms with van der Waals surface area (Å²) in [5, 5.41) is 3.06. The van der Waals surface area contributed by atoms with Gasteiger partial charge in [-0.2, -0.15) is 0 Å². The highest BCUT2D eigenvalue weighted by molar-refractivity contribution is 6.48. The third-order valence-electron chi connectivity index (χ3n) is 3.93. The second-order valence-corrected chi connectivity index (χ2v) is 5.92. The van der Waals surface area contributed by atoms with E-state index in [-0.39, 0.29) is 11.5 Å². The zero-order valence-electron chi connectivity index (χ0n) is 13.4. The molecule has 4 nitrogen and oxygen atoms in total. The summed E-state index contributed by atoms with van der Waals surface area (Å²) in [4.78, 5) is 27.7. The van der Waals surface area contributed by atoms with Crippen LogP contribution in [-0.4, -0.2) is 16.7 Å². The SMILES string of the molecule is CC(C)c1ccccc1NC(=O)C(=O)c1c[nH]c2ccc(F)cc12. The highest BCUT2D eigenvalue weighted by atomic mass is 19.1. The molecule has 5 heteroatoms. The minimum absolute atomic E-state index is 0.157. The fourth-order valence-corrected chi connectivity index (χ4v) is 2.70. The monoisotopic (exact) mass is 324 g/mol. The van der Waals surface area contributed by atoms with Gasteiger partial charge in [0.2, 0.25) is 0 Å². The summed E-state index contributed by atoms with van der Waals surface area (Å²) in [5.74, 6) is -1.70. The Hall–Kier alpha value is -2.95. The molecule has 3 rings (SSSR count). The predicted molar refractivity (Wildman–Crippen MR) is 91.7 cm³/mol. The minimum Gasteiger partial charge on any atom is -0.360 e. The molecule has 2 aromatic carbocycles. The van der Waals surface area contributed by atoms with Crippen LogP contribution in [0.4, 0.5) is 10.1 Å². The van der Waals surface area contributed by atoms with Crippen LogP contribution >= 0.6 is 0 Å². The van der Waals surface area contributed by atoms with Gasteiger partial charge in [-0.3, -0.25) is 9.59 Å². The number of carbonyl (C=O) groups excluding carboxylic acids is 2. The van der Waals surface area contributed by atoms with Gasteiger partial charge in [0.05, 0.1) is 5.56 Å². The number of Topliss-reactive ketones (excluding diaryl/α,β-unsaturated/α-hetero) is 1. The maximum absolute atomic E-state index is 13.4. The molecular formula is C19H17FN2O2. The van der Waals surface area contributed by atoms with Crippen molar-refractivity contribution >= 4 is 28.3 Å². The molecule has 0 spiro atoms. The molecule has 0 unspecified atom stereocenters. The Balaban J connectivity index is 1.90. The number of carbonyl (C=O) groups is 2. The first-order chi connectivity index (χ1) is 11.5. The van der Waals surface area contributed by atoms with E-state index in [1.54, 1.807) is 12.1 Å². The molecule has 0 aliphatic rings. The van der Waals surface area contributed by atoms with Crippen molar-refractivity contribution in [3.63, 3.8) is 0 Å². The fourth-order valence-electron chi connectivity index (χ4n) is 2.70. The molecule has 1 aromatic heterocycles. The van der Waals surface area contributed by atoms with Crippen LogP contribution in [0, 0.1) is 5.82 Å². The van der Waals surface area contributed by atoms with E-state index >= 15 is 0 Å². The van der Waals surface area contributed by atoms with Crippen LogP contribution in [0.15, 0.2) is 48.7 Å². The fraction of sp³-hybridized carbons (Fsp3) is 0.158. The number of H-pyrrole nitrogens is 1. The zero-order chi connectivity index (χ0) is 17.3. The van der Waals surface area contributed by atoms with Crippen LogP contribution in [0.2, 0.25) is 0 Å². The van der Waals surface area contributed by atoms with Crippen molar-refractivity contribution in [3.8, 4) is 0 Å². The van der Waals surface area contributed by atoms with Crippen LogP contribution in [0.1, 0.15) is 35.7 Å². The van der Waals surface area contributed by atoms with Crippen molar-refractivity contribution in [2.75, 3.05) is 5.32 Å². The molecule has 0 aliphatic carbocycles. The normalized spacial score (nSPS) is 11.0. The van der Waals surface area contributed by atoms with E-state index < -0.39 is 17.5 Å². The van der Waals surface area contributed by atoms with Crippen LogP contribution in [-0.2, 0) is 4.79 Å². The number of aromatic nitrogens is 1. The van der Waals surface area contributed by atoms with Gasteiger partial charge in [-0.1, -0.05) is 32.0 Å². The summed E-state index contributed by atoms with van der Waals surface area (Å²) in [6, 6.07) is 11.4. The molecule has 0 atom stereocenters. The van der Waals surface area contributed by atoms with E-state index in [1.807, 2.05) is 26.0 Å². The van der Waals surface area contributed by atoms with Crippen molar-refractivity contribution in [3.05, 3.63) is 65.6 Å². The summed E-state index contributed by atoms with van der Waals surface area (Å²) in [7, 11) is 0. The lowest BCUT2D eigenvalue weighted by molar-refractivity contribution is -0.112. The highest BCUT2D eigenvalue weighted by Crippen LogP contribution is 2.25. The Kier molecular flexibility index (Phi) is 4.16. The molecular weight excluding hydrogens is 307 g/mol. The van der Waals surface area contributed by atoms with Crippen LogP contribution in [0.25, 0.3) is 10.9 Å².